The molecule has 0 spiro atoms. The fraction of sp³-hybridized carbons (Fsp3) is 0.0526. The lowest BCUT2D eigenvalue weighted by Crippen LogP contribution is -2.19. The summed E-state index contributed by atoms with van der Waals surface area (Å²) in [7, 11) is 0. The fourth-order valence-electron chi connectivity index (χ4n) is 2.26. The molecule has 1 amide bonds. The molecule has 0 aromatic heterocycles. The number of amides is 1. The third-order valence-electron chi connectivity index (χ3n) is 3.49. The van der Waals surface area contributed by atoms with Crippen LogP contribution in [0.5, 0.6) is 5.75 Å². The van der Waals surface area contributed by atoms with E-state index in [9.17, 15) is 9.59 Å². The van der Waals surface area contributed by atoms with Crippen LogP contribution in [0, 0.1) is 11.3 Å². The van der Waals surface area contributed by atoms with Crippen molar-refractivity contribution in [1.82, 2.24) is 5.32 Å². The highest BCUT2D eigenvalue weighted by molar-refractivity contribution is 8.18. The van der Waals surface area contributed by atoms with E-state index >= 15 is 0 Å². The summed E-state index contributed by atoms with van der Waals surface area (Å²) in [6, 6.07) is 15.0. The fourth-order valence-corrected chi connectivity index (χ4v) is 3.09. The lowest BCUT2D eigenvalue weighted by molar-refractivity contribution is -0.115. The van der Waals surface area contributed by atoms with Gasteiger partial charge in [-0.15, -0.1) is 0 Å². The van der Waals surface area contributed by atoms with Crippen LogP contribution in [0.25, 0.3) is 6.08 Å². The second-order valence-corrected chi connectivity index (χ2v) is 6.35. The number of nitrogens with one attached hydrogen (secondary N) is 1. The molecular formula is C19H13N3O4S. The minimum atomic E-state index is -1.01. The van der Waals surface area contributed by atoms with E-state index in [2.05, 4.69) is 10.3 Å². The van der Waals surface area contributed by atoms with E-state index in [-0.39, 0.29) is 18.1 Å². The average Bonchev–Trinajstić information content (AvgIpc) is 3.00. The van der Waals surface area contributed by atoms with Crippen molar-refractivity contribution >= 4 is 40.6 Å². The highest BCUT2D eigenvalue weighted by Gasteiger charge is 2.24. The summed E-state index contributed by atoms with van der Waals surface area (Å²) in [5.41, 5.74) is 1.37. The van der Waals surface area contributed by atoms with Gasteiger partial charge in [0.2, 0.25) is 0 Å². The Morgan fingerprint density at radius 1 is 1.26 bits per heavy atom. The first-order valence-electron chi connectivity index (χ1n) is 7.78. The summed E-state index contributed by atoms with van der Waals surface area (Å²) < 4.78 is 5.36. The molecule has 2 aromatic carbocycles. The molecule has 0 aliphatic carbocycles. The summed E-state index contributed by atoms with van der Waals surface area (Å²) >= 11 is 1.17. The van der Waals surface area contributed by atoms with Gasteiger partial charge in [0, 0.05) is 5.56 Å². The molecule has 0 atom stereocenters. The van der Waals surface area contributed by atoms with Crippen molar-refractivity contribution in [1.29, 1.82) is 5.26 Å². The molecule has 8 heteroatoms. The van der Waals surface area contributed by atoms with Crippen molar-refractivity contribution in [3.63, 3.8) is 0 Å². The third kappa shape index (κ3) is 4.54. The first kappa shape index (κ1) is 18.2. The molecule has 134 valence electrons. The van der Waals surface area contributed by atoms with Gasteiger partial charge in [-0.2, -0.15) is 5.26 Å². The van der Waals surface area contributed by atoms with E-state index in [0.29, 0.717) is 27.1 Å². The Balaban J connectivity index is 1.80. The molecule has 1 heterocycles. The molecule has 0 unspecified atom stereocenters. The zero-order valence-corrected chi connectivity index (χ0v) is 14.7. The topological polar surface area (TPSA) is 112 Å². The summed E-state index contributed by atoms with van der Waals surface area (Å²) in [6.07, 6.45) is 1.67. The molecule has 27 heavy (non-hydrogen) atoms. The van der Waals surface area contributed by atoms with Crippen molar-refractivity contribution in [2.75, 3.05) is 6.61 Å². The van der Waals surface area contributed by atoms with Crippen LogP contribution in [-0.2, 0) is 4.79 Å². The van der Waals surface area contributed by atoms with Crippen LogP contribution in [-0.4, -0.2) is 28.8 Å². The van der Waals surface area contributed by atoms with Gasteiger partial charge in [0.1, 0.15) is 11.8 Å². The van der Waals surface area contributed by atoms with E-state index in [4.69, 9.17) is 15.1 Å². The van der Waals surface area contributed by atoms with Crippen molar-refractivity contribution in [3.8, 4) is 11.8 Å². The van der Waals surface area contributed by atoms with Crippen molar-refractivity contribution < 1.29 is 19.4 Å². The molecule has 0 radical (unpaired) electrons. The highest BCUT2D eigenvalue weighted by atomic mass is 32.2. The number of amidine groups is 1. The molecule has 0 saturated carbocycles. The maximum Gasteiger partial charge on any atom is 0.335 e. The Labute approximate surface area is 159 Å². The molecule has 3 rings (SSSR count). The number of benzene rings is 2. The Kier molecular flexibility index (Phi) is 5.54. The van der Waals surface area contributed by atoms with Gasteiger partial charge in [-0.25, -0.2) is 9.79 Å². The predicted molar refractivity (Wildman–Crippen MR) is 102 cm³/mol. The van der Waals surface area contributed by atoms with Crippen LogP contribution < -0.4 is 10.1 Å². The summed E-state index contributed by atoms with van der Waals surface area (Å²) in [5.74, 6) is -0.800. The second-order valence-electron chi connectivity index (χ2n) is 5.32. The maximum absolute atomic E-state index is 12.2. The number of carbonyl (C=O) groups is 2. The van der Waals surface area contributed by atoms with Gasteiger partial charge in [-0.3, -0.25) is 4.79 Å². The van der Waals surface area contributed by atoms with E-state index in [1.807, 2.05) is 12.1 Å². The smallest absolute Gasteiger partial charge is 0.335 e. The number of aromatic carboxylic acids is 1. The van der Waals surface area contributed by atoms with E-state index < -0.39 is 5.97 Å². The minimum absolute atomic E-state index is 0.0847. The van der Waals surface area contributed by atoms with Crippen LogP contribution in [0.3, 0.4) is 0 Å². The summed E-state index contributed by atoms with van der Waals surface area (Å²) in [6.45, 7) is -0.0847. The van der Waals surface area contributed by atoms with E-state index in [0.717, 1.165) is 0 Å². The standard InChI is InChI=1S/C19H13N3O4S/c20-9-10-26-15-4-2-1-3-13(15)11-16-17(23)22-19(27-16)21-14-7-5-12(6-8-14)18(24)25/h1-8,11H,10H2,(H,24,25)(H,21,22,23)/b16-11+. The monoisotopic (exact) mass is 379 g/mol. The van der Waals surface area contributed by atoms with E-state index in [1.165, 1.54) is 23.9 Å². The molecule has 1 aliphatic heterocycles. The number of rotatable bonds is 5. The van der Waals surface area contributed by atoms with Gasteiger partial charge in [-0.05, 0) is 48.2 Å². The Morgan fingerprint density at radius 2 is 2.00 bits per heavy atom. The van der Waals surface area contributed by atoms with Crippen LogP contribution in [0.2, 0.25) is 0 Å². The number of carboxylic acid groups (broad SMARTS) is 1. The van der Waals surface area contributed by atoms with Gasteiger partial charge in [0.15, 0.2) is 11.8 Å². The number of ether oxygens (including phenoxy) is 1. The zero-order chi connectivity index (χ0) is 19.2. The number of para-hydroxylation sites is 1. The number of hydrogen-bond donors (Lipinski definition) is 2. The normalized spacial score (nSPS) is 16.2. The van der Waals surface area contributed by atoms with E-state index in [1.54, 1.807) is 36.4 Å². The zero-order valence-electron chi connectivity index (χ0n) is 13.9. The summed E-state index contributed by atoms with van der Waals surface area (Å²) in [4.78, 5) is 27.8. The summed E-state index contributed by atoms with van der Waals surface area (Å²) in [5, 5.41) is 20.6. The number of carboxylic acids is 1. The Hall–Kier alpha value is -3.57. The molecule has 1 fully saturated rings. The highest BCUT2D eigenvalue weighted by Crippen LogP contribution is 2.30. The lowest BCUT2D eigenvalue weighted by Gasteiger charge is -2.05. The minimum Gasteiger partial charge on any atom is -0.478 e. The molecular weight excluding hydrogens is 366 g/mol. The van der Waals surface area contributed by atoms with Crippen molar-refractivity contribution in [2.45, 2.75) is 0 Å². The number of carbonyl (C=O) groups excluding carboxylic acids is 1. The first-order valence-corrected chi connectivity index (χ1v) is 8.60. The van der Waals surface area contributed by atoms with Crippen LogP contribution in [0.15, 0.2) is 58.4 Å². The molecule has 0 bridgehead atoms. The van der Waals surface area contributed by atoms with Crippen LogP contribution >= 0.6 is 11.8 Å². The molecule has 2 aromatic rings. The number of nitrogens with zero attached hydrogens (tertiary/aromatic N) is 2. The van der Waals surface area contributed by atoms with Gasteiger partial charge in [0.05, 0.1) is 16.2 Å². The Morgan fingerprint density at radius 3 is 2.70 bits per heavy atom. The molecule has 2 N–H and O–H groups in total. The number of hydrogen-bond acceptors (Lipinski definition) is 6. The largest absolute Gasteiger partial charge is 0.478 e. The molecule has 1 aliphatic rings. The van der Waals surface area contributed by atoms with Crippen LogP contribution in [0.4, 0.5) is 5.69 Å². The van der Waals surface area contributed by atoms with Crippen molar-refractivity contribution in [3.05, 3.63) is 64.6 Å². The predicted octanol–water partition coefficient (Wildman–Crippen LogP) is 3.18. The third-order valence-corrected chi connectivity index (χ3v) is 4.40. The lowest BCUT2D eigenvalue weighted by atomic mass is 10.2. The van der Waals surface area contributed by atoms with Crippen molar-refractivity contribution in [2.24, 2.45) is 4.99 Å². The Bertz CT molecular complexity index is 991. The number of aliphatic imine (C=N–C) groups is 1. The average molecular weight is 379 g/mol. The first-order chi connectivity index (χ1) is 13.1. The van der Waals surface area contributed by atoms with Gasteiger partial charge >= 0.3 is 5.97 Å². The van der Waals surface area contributed by atoms with Crippen LogP contribution in [0.1, 0.15) is 15.9 Å². The number of thioether (sulfide) groups is 1. The SMILES string of the molecule is N#CCOc1ccccc1/C=C1/SC(=Nc2ccc(C(=O)O)cc2)NC1=O. The molecule has 1 saturated heterocycles. The van der Waals surface area contributed by atoms with Gasteiger partial charge in [-0.1, -0.05) is 18.2 Å². The number of nitriles is 1. The second kappa shape index (κ2) is 8.21. The van der Waals surface area contributed by atoms with Gasteiger partial charge in [0.25, 0.3) is 5.91 Å². The maximum atomic E-state index is 12.2. The van der Waals surface area contributed by atoms with Gasteiger partial charge < -0.3 is 15.2 Å². The molecule has 7 nitrogen and oxygen atoms in total. The quantitative estimate of drug-likeness (QED) is 0.772.